The van der Waals surface area contributed by atoms with Crippen LogP contribution in [0.25, 0.3) is 0 Å². The van der Waals surface area contributed by atoms with Gasteiger partial charge < -0.3 is 20.8 Å². The van der Waals surface area contributed by atoms with Crippen LogP contribution in [0.15, 0.2) is 12.7 Å². The summed E-state index contributed by atoms with van der Waals surface area (Å²) in [6, 6.07) is -2.53. The van der Waals surface area contributed by atoms with Gasteiger partial charge in [0.05, 0.1) is 6.42 Å². The van der Waals surface area contributed by atoms with Gasteiger partial charge in [-0.05, 0) is 6.92 Å². The summed E-state index contributed by atoms with van der Waals surface area (Å²) in [6.45, 7) is 5.06. The van der Waals surface area contributed by atoms with E-state index in [1.165, 1.54) is 6.08 Å². The Hall–Kier alpha value is -2.05. The average Bonchev–Trinajstić information content (AvgIpc) is 2.15. The number of carboxylic acid groups (broad SMARTS) is 2. The van der Waals surface area contributed by atoms with Crippen molar-refractivity contribution in [3.05, 3.63) is 12.7 Å². The van der Waals surface area contributed by atoms with E-state index in [4.69, 9.17) is 10.2 Å². The fourth-order valence-electron chi connectivity index (χ4n) is 0.840. The highest BCUT2D eigenvalue weighted by Crippen LogP contribution is 1.93. The number of amides is 2. The van der Waals surface area contributed by atoms with E-state index in [0.29, 0.717) is 0 Å². The third-order valence-electron chi connectivity index (χ3n) is 1.69. The zero-order valence-corrected chi connectivity index (χ0v) is 8.77. The summed E-state index contributed by atoms with van der Waals surface area (Å²) in [4.78, 5) is 32.1. The van der Waals surface area contributed by atoms with Crippen LogP contribution in [0.5, 0.6) is 0 Å². The van der Waals surface area contributed by atoms with E-state index in [1.807, 2.05) is 5.32 Å². The van der Waals surface area contributed by atoms with E-state index in [0.717, 1.165) is 0 Å². The molecular weight excluding hydrogens is 216 g/mol. The molecule has 0 aromatic rings. The molecule has 0 aromatic heterocycles. The molecule has 0 aliphatic carbocycles. The Kier molecular flexibility index (Phi) is 5.61. The van der Waals surface area contributed by atoms with E-state index in [-0.39, 0.29) is 6.04 Å². The van der Waals surface area contributed by atoms with Gasteiger partial charge in [-0.15, -0.1) is 6.58 Å². The van der Waals surface area contributed by atoms with Crippen molar-refractivity contribution < 1.29 is 24.6 Å². The molecule has 0 saturated carbocycles. The second kappa shape index (κ2) is 6.44. The largest absolute Gasteiger partial charge is 0.481 e. The number of hydrogen-bond donors (Lipinski definition) is 4. The highest BCUT2D eigenvalue weighted by atomic mass is 16.4. The molecule has 0 rings (SSSR count). The first kappa shape index (κ1) is 13.9. The number of nitrogens with one attached hydrogen (secondary N) is 2. The summed E-state index contributed by atoms with van der Waals surface area (Å²) in [5.41, 5.74) is 0. The van der Waals surface area contributed by atoms with Gasteiger partial charge in [-0.2, -0.15) is 0 Å². The predicted octanol–water partition coefficient (Wildman–Crippen LogP) is -0.212. The Morgan fingerprint density at radius 2 is 1.88 bits per heavy atom. The first-order valence-corrected chi connectivity index (χ1v) is 4.51. The van der Waals surface area contributed by atoms with Gasteiger partial charge in [-0.1, -0.05) is 6.08 Å². The van der Waals surface area contributed by atoms with E-state index < -0.39 is 30.4 Å². The first-order chi connectivity index (χ1) is 7.36. The van der Waals surface area contributed by atoms with E-state index >= 15 is 0 Å². The lowest BCUT2D eigenvalue weighted by Gasteiger charge is -2.15. The topological polar surface area (TPSA) is 116 Å². The Bertz CT molecular complexity index is 302. The molecule has 0 fully saturated rings. The van der Waals surface area contributed by atoms with E-state index in [2.05, 4.69) is 11.9 Å². The van der Waals surface area contributed by atoms with E-state index in [1.54, 1.807) is 6.92 Å². The number of carbonyl (C=O) groups excluding carboxylic acids is 1. The molecule has 0 spiro atoms. The van der Waals surface area contributed by atoms with Crippen molar-refractivity contribution >= 4 is 18.0 Å². The molecule has 2 amide bonds. The lowest BCUT2D eigenvalue weighted by Crippen LogP contribution is -2.48. The SMILES string of the molecule is C=CC(C)NC(=O)N[C@H](CC(=O)O)C(=O)O. The lowest BCUT2D eigenvalue weighted by atomic mass is 10.2. The maximum Gasteiger partial charge on any atom is 0.326 e. The zero-order chi connectivity index (χ0) is 12.7. The van der Waals surface area contributed by atoms with Gasteiger partial charge in [0.2, 0.25) is 0 Å². The Labute approximate surface area is 92.1 Å². The van der Waals surface area contributed by atoms with Crippen molar-refractivity contribution in [1.82, 2.24) is 10.6 Å². The van der Waals surface area contributed by atoms with Crippen LogP contribution in [0.4, 0.5) is 4.79 Å². The van der Waals surface area contributed by atoms with Crippen molar-refractivity contribution in [3.8, 4) is 0 Å². The minimum absolute atomic E-state index is 0.334. The molecule has 90 valence electrons. The fraction of sp³-hybridized carbons (Fsp3) is 0.444. The minimum atomic E-state index is -1.45. The molecule has 4 N–H and O–H groups in total. The maximum absolute atomic E-state index is 11.2. The van der Waals surface area contributed by atoms with Crippen LogP contribution in [-0.4, -0.2) is 40.3 Å². The standard InChI is InChI=1S/C9H14N2O5/c1-3-5(2)10-9(16)11-6(8(14)15)4-7(12)13/h3,5-6H,1,4H2,2H3,(H,12,13)(H,14,15)(H2,10,11,16)/t5?,6-/m1/s1. The second-order valence-electron chi connectivity index (χ2n) is 3.13. The number of rotatable bonds is 6. The van der Waals surface area contributed by atoms with Crippen molar-refractivity contribution in [2.45, 2.75) is 25.4 Å². The third kappa shape index (κ3) is 5.63. The summed E-state index contributed by atoms with van der Waals surface area (Å²) >= 11 is 0. The highest BCUT2D eigenvalue weighted by Gasteiger charge is 2.23. The number of hydrogen-bond acceptors (Lipinski definition) is 3. The quantitative estimate of drug-likeness (QED) is 0.471. The first-order valence-electron chi connectivity index (χ1n) is 4.51. The zero-order valence-electron chi connectivity index (χ0n) is 8.77. The van der Waals surface area contributed by atoms with Crippen molar-refractivity contribution in [3.63, 3.8) is 0 Å². The highest BCUT2D eigenvalue weighted by molar-refractivity contribution is 5.86. The molecule has 0 aromatic carbocycles. The predicted molar refractivity (Wildman–Crippen MR) is 55.0 cm³/mol. The molecule has 2 atom stereocenters. The van der Waals surface area contributed by atoms with Gasteiger partial charge in [0, 0.05) is 6.04 Å². The molecule has 7 nitrogen and oxygen atoms in total. The molecule has 0 bridgehead atoms. The van der Waals surface area contributed by atoms with Crippen molar-refractivity contribution in [2.75, 3.05) is 0 Å². The van der Waals surface area contributed by atoms with Gasteiger partial charge in [0.1, 0.15) is 6.04 Å². The number of carbonyl (C=O) groups is 3. The monoisotopic (exact) mass is 230 g/mol. The molecule has 1 unspecified atom stereocenters. The number of urea groups is 1. The molecule has 0 saturated heterocycles. The van der Waals surface area contributed by atoms with Gasteiger partial charge in [-0.3, -0.25) is 4.79 Å². The normalized spacial score (nSPS) is 13.3. The second-order valence-corrected chi connectivity index (χ2v) is 3.13. The van der Waals surface area contributed by atoms with Gasteiger partial charge in [0.15, 0.2) is 0 Å². The van der Waals surface area contributed by atoms with Gasteiger partial charge >= 0.3 is 18.0 Å². The lowest BCUT2D eigenvalue weighted by molar-refractivity contribution is -0.145. The minimum Gasteiger partial charge on any atom is -0.481 e. The summed E-state index contributed by atoms with van der Waals surface area (Å²) < 4.78 is 0. The summed E-state index contributed by atoms with van der Waals surface area (Å²) in [7, 11) is 0. The van der Waals surface area contributed by atoms with Gasteiger partial charge in [-0.25, -0.2) is 9.59 Å². The van der Waals surface area contributed by atoms with Crippen molar-refractivity contribution in [2.24, 2.45) is 0 Å². The average molecular weight is 230 g/mol. The molecular formula is C9H14N2O5. The molecule has 7 heteroatoms. The van der Waals surface area contributed by atoms with Crippen LogP contribution in [0.2, 0.25) is 0 Å². The Morgan fingerprint density at radius 1 is 1.31 bits per heavy atom. The van der Waals surface area contributed by atoms with E-state index in [9.17, 15) is 14.4 Å². The van der Waals surface area contributed by atoms with Crippen LogP contribution in [0.3, 0.4) is 0 Å². The number of carboxylic acids is 2. The molecule has 16 heavy (non-hydrogen) atoms. The third-order valence-corrected chi connectivity index (χ3v) is 1.69. The van der Waals surface area contributed by atoms with Gasteiger partial charge in [0.25, 0.3) is 0 Å². The summed E-state index contributed by atoms with van der Waals surface area (Å²) in [6.07, 6.45) is 0.776. The van der Waals surface area contributed by atoms with Crippen LogP contribution in [-0.2, 0) is 9.59 Å². The van der Waals surface area contributed by atoms with Crippen LogP contribution >= 0.6 is 0 Å². The summed E-state index contributed by atoms with van der Waals surface area (Å²) in [5.74, 6) is -2.70. The Balaban J connectivity index is 4.29. The molecule has 0 heterocycles. The van der Waals surface area contributed by atoms with Crippen LogP contribution in [0, 0.1) is 0 Å². The summed E-state index contributed by atoms with van der Waals surface area (Å²) in [5, 5.41) is 21.5. The van der Waals surface area contributed by atoms with Crippen LogP contribution < -0.4 is 10.6 Å². The molecule has 0 aliphatic rings. The van der Waals surface area contributed by atoms with Crippen LogP contribution in [0.1, 0.15) is 13.3 Å². The fourth-order valence-corrected chi connectivity index (χ4v) is 0.840. The maximum atomic E-state index is 11.2. The molecule has 0 radical (unpaired) electrons. The number of aliphatic carboxylic acids is 2. The smallest absolute Gasteiger partial charge is 0.326 e. The van der Waals surface area contributed by atoms with Crippen molar-refractivity contribution in [1.29, 1.82) is 0 Å². The molecule has 0 aliphatic heterocycles. The Morgan fingerprint density at radius 3 is 2.25 bits per heavy atom.